The molecule has 1 fully saturated rings. The molecule has 1 aliphatic heterocycles. The number of aromatic nitrogens is 1. The molecule has 0 saturated carbocycles. The smallest absolute Gasteiger partial charge is 0.318 e. The highest BCUT2D eigenvalue weighted by molar-refractivity contribution is 7.09. The van der Waals surface area contributed by atoms with Gasteiger partial charge in [0.1, 0.15) is 5.01 Å². The van der Waals surface area contributed by atoms with E-state index in [1.54, 1.807) is 11.3 Å². The maximum Gasteiger partial charge on any atom is 0.318 e. The van der Waals surface area contributed by atoms with Crippen LogP contribution in [0.15, 0.2) is 35.7 Å². The molecule has 3 rings (SSSR count). The summed E-state index contributed by atoms with van der Waals surface area (Å²) in [5, 5.41) is 5.90. The van der Waals surface area contributed by atoms with E-state index in [1.165, 1.54) is 5.56 Å². The summed E-state index contributed by atoms with van der Waals surface area (Å²) in [6, 6.07) is 10.4. The van der Waals surface area contributed by atoms with E-state index in [9.17, 15) is 4.79 Å². The number of amides is 2. The zero-order chi connectivity index (χ0) is 13.9. The van der Waals surface area contributed by atoms with Crippen molar-refractivity contribution < 1.29 is 4.79 Å². The third kappa shape index (κ3) is 2.67. The van der Waals surface area contributed by atoms with E-state index >= 15 is 0 Å². The van der Waals surface area contributed by atoms with Gasteiger partial charge in [0.2, 0.25) is 0 Å². The number of benzene rings is 1. The molecule has 0 spiro atoms. The Bertz CT molecular complexity index is 596. The molecule has 2 aromatic rings. The van der Waals surface area contributed by atoms with E-state index < -0.39 is 0 Å². The van der Waals surface area contributed by atoms with Crippen LogP contribution in [0, 0.1) is 6.92 Å². The predicted molar refractivity (Wildman–Crippen MR) is 79.6 cm³/mol. The van der Waals surface area contributed by atoms with E-state index in [1.807, 2.05) is 35.4 Å². The maximum atomic E-state index is 12.2. The van der Waals surface area contributed by atoms with Gasteiger partial charge in [-0.25, -0.2) is 9.78 Å². The number of urea groups is 1. The zero-order valence-corrected chi connectivity index (χ0v) is 12.2. The first-order valence-electron chi connectivity index (χ1n) is 6.74. The van der Waals surface area contributed by atoms with Crippen molar-refractivity contribution in [2.45, 2.75) is 25.9 Å². The summed E-state index contributed by atoms with van der Waals surface area (Å²) < 4.78 is 0. The second kappa shape index (κ2) is 5.63. The molecule has 1 N–H and O–H groups in total. The summed E-state index contributed by atoms with van der Waals surface area (Å²) in [5.41, 5.74) is 2.21. The number of likely N-dealkylation sites (tertiary alicyclic amines) is 1. The van der Waals surface area contributed by atoms with E-state index in [-0.39, 0.29) is 12.1 Å². The van der Waals surface area contributed by atoms with Gasteiger partial charge in [0.05, 0.1) is 12.6 Å². The van der Waals surface area contributed by atoms with Gasteiger partial charge in [-0.3, -0.25) is 0 Å². The van der Waals surface area contributed by atoms with Crippen LogP contribution in [0.1, 0.15) is 28.7 Å². The SMILES string of the molecule is Cc1csc(CNC(=O)N2CCC2c2ccccc2)n1. The van der Waals surface area contributed by atoms with Gasteiger partial charge in [-0.2, -0.15) is 0 Å². The number of hydrogen-bond donors (Lipinski definition) is 1. The highest BCUT2D eigenvalue weighted by Gasteiger charge is 2.33. The Labute approximate surface area is 122 Å². The van der Waals surface area contributed by atoms with E-state index in [4.69, 9.17) is 0 Å². The van der Waals surface area contributed by atoms with Crippen molar-refractivity contribution in [2.24, 2.45) is 0 Å². The molecule has 5 heteroatoms. The van der Waals surface area contributed by atoms with Crippen molar-refractivity contribution >= 4 is 17.4 Å². The monoisotopic (exact) mass is 287 g/mol. The lowest BCUT2D eigenvalue weighted by Crippen LogP contribution is -2.49. The summed E-state index contributed by atoms with van der Waals surface area (Å²) in [4.78, 5) is 18.4. The molecule has 1 aromatic carbocycles. The van der Waals surface area contributed by atoms with Crippen LogP contribution >= 0.6 is 11.3 Å². The molecular formula is C15H17N3OS. The number of rotatable bonds is 3. The number of carbonyl (C=O) groups is 1. The quantitative estimate of drug-likeness (QED) is 0.942. The molecular weight excluding hydrogens is 270 g/mol. The molecule has 4 nitrogen and oxygen atoms in total. The van der Waals surface area contributed by atoms with Crippen LogP contribution in [0.25, 0.3) is 0 Å². The Balaban J connectivity index is 1.58. The lowest BCUT2D eigenvalue weighted by molar-refractivity contribution is 0.115. The summed E-state index contributed by atoms with van der Waals surface area (Å²) >= 11 is 1.58. The van der Waals surface area contributed by atoms with Gasteiger partial charge in [-0.1, -0.05) is 30.3 Å². The van der Waals surface area contributed by atoms with Gasteiger partial charge in [0.25, 0.3) is 0 Å². The first-order valence-corrected chi connectivity index (χ1v) is 7.62. The Hall–Kier alpha value is -1.88. The fourth-order valence-corrected chi connectivity index (χ4v) is 3.10. The number of thiazole rings is 1. The minimum absolute atomic E-state index is 0.00189. The first kappa shape index (κ1) is 13.1. The molecule has 0 bridgehead atoms. The fraction of sp³-hybridized carbons (Fsp3) is 0.333. The molecule has 2 heterocycles. The summed E-state index contributed by atoms with van der Waals surface area (Å²) in [7, 11) is 0. The topological polar surface area (TPSA) is 45.2 Å². The van der Waals surface area contributed by atoms with Crippen LogP contribution in [0.3, 0.4) is 0 Å². The number of carbonyl (C=O) groups excluding carboxylic acids is 1. The normalized spacial score (nSPS) is 17.6. The Morgan fingerprint density at radius 1 is 1.45 bits per heavy atom. The molecule has 1 aliphatic rings. The second-order valence-corrected chi connectivity index (χ2v) is 5.89. The Morgan fingerprint density at radius 2 is 2.25 bits per heavy atom. The van der Waals surface area contributed by atoms with Crippen LogP contribution in [-0.4, -0.2) is 22.5 Å². The lowest BCUT2D eigenvalue weighted by atomic mass is 9.95. The molecule has 1 atom stereocenters. The summed E-state index contributed by atoms with van der Waals surface area (Å²) in [6.45, 7) is 3.29. The molecule has 0 aliphatic carbocycles. The number of aryl methyl sites for hydroxylation is 1. The highest BCUT2D eigenvalue weighted by Crippen LogP contribution is 2.32. The van der Waals surface area contributed by atoms with Crippen LogP contribution in [0.5, 0.6) is 0 Å². The molecule has 20 heavy (non-hydrogen) atoms. The van der Waals surface area contributed by atoms with Crippen LogP contribution in [-0.2, 0) is 6.54 Å². The largest absolute Gasteiger partial charge is 0.331 e. The van der Waals surface area contributed by atoms with Crippen molar-refractivity contribution in [3.8, 4) is 0 Å². The molecule has 1 saturated heterocycles. The lowest BCUT2D eigenvalue weighted by Gasteiger charge is -2.41. The van der Waals surface area contributed by atoms with Gasteiger partial charge >= 0.3 is 6.03 Å². The number of hydrogen-bond acceptors (Lipinski definition) is 3. The van der Waals surface area contributed by atoms with Gasteiger partial charge in [0, 0.05) is 17.6 Å². The first-order chi connectivity index (χ1) is 9.74. The van der Waals surface area contributed by atoms with Crippen LogP contribution in [0.2, 0.25) is 0 Å². The fourth-order valence-electron chi connectivity index (χ4n) is 2.39. The summed E-state index contributed by atoms with van der Waals surface area (Å²) in [6.07, 6.45) is 1.04. The van der Waals surface area contributed by atoms with Crippen molar-refractivity contribution in [1.82, 2.24) is 15.2 Å². The average Bonchev–Trinajstić information content (AvgIpc) is 2.82. The molecule has 1 unspecified atom stereocenters. The standard InChI is InChI=1S/C15H17N3OS/c1-11-10-20-14(17-11)9-16-15(19)18-8-7-13(18)12-5-3-2-4-6-12/h2-6,10,13H,7-9H2,1H3,(H,16,19). The van der Waals surface area contributed by atoms with Crippen molar-refractivity contribution in [2.75, 3.05) is 6.54 Å². The predicted octanol–water partition coefficient (Wildman–Crippen LogP) is 3.11. The highest BCUT2D eigenvalue weighted by atomic mass is 32.1. The van der Waals surface area contributed by atoms with E-state index in [0.717, 1.165) is 23.7 Å². The molecule has 1 aromatic heterocycles. The van der Waals surface area contributed by atoms with Crippen LogP contribution < -0.4 is 5.32 Å². The van der Waals surface area contributed by atoms with Gasteiger partial charge in [-0.15, -0.1) is 11.3 Å². The van der Waals surface area contributed by atoms with Gasteiger partial charge in [0.15, 0.2) is 0 Å². The van der Waals surface area contributed by atoms with Gasteiger partial charge in [-0.05, 0) is 18.9 Å². The van der Waals surface area contributed by atoms with E-state index in [0.29, 0.717) is 6.54 Å². The Kier molecular flexibility index (Phi) is 3.69. The summed E-state index contributed by atoms with van der Waals surface area (Å²) in [5.74, 6) is 0. The average molecular weight is 287 g/mol. The molecule has 2 amide bonds. The van der Waals surface area contributed by atoms with Crippen molar-refractivity contribution in [3.05, 3.63) is 52.0 Å². The van der Waals surface area contributed by atoms with Crippen LogP contribution in [0.4, 0.5) is 4.79 Å². The maximum absolute atomic E-state index is 12.2. The number of nitrogens with one attached hydrogen (secondary N) is 1. The molecule has 0 radical (unpaired) electrons. The minimum atomic E-state index is -0.00189. The third-order valence-corrected chi connectivity index (χ3v) is 4.49. The van der Waals surface area contributed by atoms with Gasteiger partial charge < -0.3 is 10.2 Å². The Morgan fingerprint density at radius 3 is 2.85 bits per heavy atom. The zero-order valence-electron chi connectivity index (χ0n) is 11.4. The van der Waals surface area contributed by atoms with E-state index in [2.05, 4.69) is 22.4 Å². The molecule has 104 valence electrons. The van der Waals surface area contributed by atoms with Crippen molar-refractivity contribution in [1.29, 1.82) is 0 Å². The third-order valence-electron chi connectivity index (χ3n) is 3.52. The minimum Gasteiger partial charge on any atom is -0.331 e. The number of nitrogens with zero attached hydrogens (tertiary/aromatic N) is 2. The second-order valence-electron chi connectivity index (χ2n) is 4.95. The van der Waals surface area contributed by atoms with Crippen molar-refractivity contribution in [3.63, 3.8) is 0 Å².